The van der Waals surface area contributed by atoms with Crippen LogP contribution in [0.5, 0.6) is 0 Å². The SMILES string of the molecule is CCC(N)CSCc1nnc(-c2ccccc2Cl)o1. The lowest BCUT2D eigenvalue weighted by molar-refractivity contribution is 0.528. The van der Waals surface area contributed by atoms with Crippen molar-refractivity contribution in [1.29, 1.82) is 0 Å². The first kappa shape index (κ1) is 14.4. The van der Waals surface area contributed by atoms with Crippen molar-refractivity contribution in [2.24, 2.45) is 5.73 Å². The highest BCUT2D eigenvalue weighted by Gasteiger charge is 2.11. The first-order valence-corrected chi connectivity index (χ1v) is 7.64. The number of hydrogen-bond donors (Lipinski definition) is 1. The summed E-state index contributed by atoms with van der Waals surface area (Å²) >= 11 is 7.78. The Bertz CT molecular complexity index is 532. The van der Waals surface area contributed by atoms with Crippen LogP contribution >= 0.6 is 23.4 Å². The van der Waals surface area contributed by atoms with E-state index in [0.29, 0.717) is 22.6 Å². The molecule has 4 nitrogen and oxygen atoms in total. The monoisotopic (exact) mass is 297 g/mol. The van der Waals surface area contributed by atoms with Crippen molar-refractivity contribution >= 4 is 23.4 Å². The fourth-order valence-electron chi connectivity index (χ4n) is 1.47. The normalized spacial score (nSPS) is 12.6. The second-order valence-electron chi connectivity index (χ2n) is 4.16. The van der Waals surface area contributed by atoms with Crippen LogP contribution < -0.4 is 5.73 Å². The van der Waals surface area contributed by atoms with Crippen molar-refractivity contribution in [2.45, 2.75) is 25.1 Å². The van der Waals surface area contributed by atoms with Crippen molar-refractivity contribution in [1.82, 2.24) is 10.2 Å². The minimum absolute atomic E-state index is 0.218. The maximum absolute atomic E-state index is 6.08. The summed E-state index contributed by atoms with van der Waals surface area (Å²) in [6, 6.07) is 7.64. The third kappa shape index (κ3) is 3.96. The standard InChI is InChI=1S/C13H16ClN3OS/c1-2-9(15)7-19-8-12-16-17-13(18-12)10-5-3-4-6-11(10)14/h3-6,9H,2,7-8,15H2,1H3. The number of nitrogens with two attached hydrogens (primary N) is 1. The fourth-order valence-corrected chi connectivity index (χ4v) is 2.64. The molecule has 1 atom stereocenters. The second-order valence-corrected chi connectivity index (χ2v) is 5.60. The smallest absolute Gasteiger partial charge is 0.249 e. The van der Waals surface area contributed by atoms with E-state index >= 15 is 0 Å². The minimum atomic E-state index is 0.218. The average molecular weight is 298 g/mol. The van der Waals surface area contributed by atoms with Gasteiger partial charge in [0, 0.05) is 11.8 Å². The molecule has 6 heteroatoms. The molecule has 1 aromatic carbocycles. The Hall–Kier alpha value is -1.04. The van der Waals surface area contributed by atoms with Gasteiger partial charge >= 0.3 is 0 Å². The molecule has 0 bridgehead atoms. The number of rotatable bonds is 6. The molecular formula is C13H16ClN3OS. The van der Waals surface area contributed by atoms with Gasteiger partial charge in [-0.25, -0.2) is 0 Å². The van der Waals surface area contributed by atoms with E-state index in [1.54, 1.807) is 17.8 Å². The molecule has 1 aromatic heterocycles. The maximum atomic E-state index is 6.08. The van der Waals surface area contributed by atoms with Gasteiger partial charge in [0.15, 0.2) is 0 Å². The number of thioether (sulfide) groups is 1. The predicted molar refractivity (Wildman–Crippen MR) is 79.2 cm³/mol. The molecule has 19 heavy (non-hydrogen) atoms. The van der Waals surface area contributed by atoms with E-state index in [2.05, 4.69) is 17.1 Å². The number of halogens is 1. The van der Waals surface area contributed by atoms with Crippen LogP contribution in [0, 0.1) is 0 Å². The van der Waals surface area contributed by atoms with Crippen LogP contribution in [-0.2, 0) is 5.75 Å². The summed E-state index contributed by atoms with van der Waals surface area (Å²) in [7, 11) is 0. The Balaban J connectivity index is 1.98. The van der Waals surface area contributed by atoms with Crippen molar-refractivity contribution < 1.29 is 4.42 Å². The lowest BCUT2D eigenvalue weighted by Crippen LogP contribution is -2.21. The van der Waals surface area contributed by atoms with Crippen LogP contribution in [0.4, 0.5) is 0 Å². The molecule has 0 spiro atoms. The third-order valence-corrected chi connectivity index (χ3v) is 4.10. The highest BCUT2D eigenvalue weighted by molar-refractivity contribution is 7.98. The van der Waals surface area contributed by atoms with Crippen LogP contribution in [0.1, 0.15) is 19.2 Å². The maximum Gasteiger partial charge on any atom is 0.249 e. The zero-order chi connectivity index (χ0) is 13.7. The van der Waals surface area contributed by atoms with Crippen molar-refractivity contribution in [3.63, 3.8) is 0 Å². The molecule has 2 rings (SSSR count). The molecule has 2 aromatic rings. The van der Waals surface area contributed by atoms with E-state index < -0.39 is 0 Å². The molecule has 0 aliphatic heterocycles. The van der Waals surface area contributed by atoms with Gasteiger partial charge in [-0.15, -0.1) is 10.2 Å². The van der Waals surface area contributed by atoms with E-state index in [1.165, 1.54) is 0 Å². The minimum Gasteiger partial charge on any atom is -0.420 e. The molecule has 0 saturated heterocycles. The number of benzene rings is 1. The van der Waals surface area contributed by atoms with E-state index in [0.717, 1.165) is 17.7 Å². The summed E-state index contributed by atoms with van der Waals surface area (Å²) < 4.78 is 5.60. The van der Waals surface area contributed by atoms with Crippen LogP contribution in [-0.4, -0.2) is 22.0 Å². The largest absolute Gasteiger partial charge is 0.420 e. The van der Waals surface area contributed by atoms with Gasteiger partial charge in [0.25, 0.3) is 0 Å². The predicted octanol–water partition coefficient (Wildman–Crippen LogP) is 3.36. The average Bonchev–Trinajstić information content (AvgIpc) is 2.87. The Morgan fingerprint density at radius 2 is 2.16 bits per heavy atom. The Kier molecular flexibility index (Phi) is 5.24. The molecule has 0 saturated carbocycles. The van der Waals surface area contributed by atoms with E-state index in [1.807, 2.05) is 18.2 Å². The first-order valence-electron chi connectivity index (χ1n) is 6.11. The molecule has 1 heterocycles. The lowest BCUT2D eigenvalue weighted by Gasteiger charge is -2.05. The van der Waals surface area contributed by atoms with Crippen LogP contribution in [0.3, 0.4) is 0 Å². The number of nitrogens with zero attached hydrogens (tertiary/aromatic N) is 2. The molecule has 2 N–H and O–H groups in total. The number of hydrogen-bond acceptors (Lipinski definition) is 5. The van der Waals surface area contributed by atoms with E-state index in [4.69, 9.17) is 21.8 Å². The number of aromatic nitrogens is 2. The topological polar surface area (TPSA) is 64.9 Å². The van der Waals surface area contributed by atoms with E-state index in [-0.39, 0.29) is 6.04 Å². The Morgan fingerprint density at radius 1 is 1.37 bits per heavy atom. The third-order valence-electron chi connectivity index (χ3n) is 2.65. The molecular weight excluding hydrogens is 282 g/mol. The van der Waals surface area contributed by atoms with Gasteiger partial charge in [-0.1, -0.05) is 30.7 Å². The molecule has 0 radical (unpaired) electrons. The van der Waals surface area contributed by atoms with Crippen molar-refractivity contribution in [2.75, 3.05) is 5.75 Å². The second kappa shape index (κ2) is 6.93. The first-order chi connectivity index (χ1) is 9.20. The summed E-state index contributed by atoms with van der Waals surface area (Å²) in [5, 5.41) is 8.65. The summed E-state index contributed by atoms with van der Waals surface area (Å²) in [5.74, 6) is 2.62. The molecule has 102 valence electrons. The Labute approximate surface area is 121 Å². The zero-order valence-corrected chi connectivity index (χ0v) is 12.2. The zero-order valence-electron chi connectivity index (χ0n) is 10.7. The molecule has 0 aliphatic rings. The van der Waals surface area contributed by atoms with Crippen LogP contribution in [0.25, 0.3) is 11.5 Å². The molecule has 1 unspecified atom stereocenters. The highest BCUT2D eigenvalue weighted by Crippen LogP contribution is 2.26. The van der Waals surface area contributed by atoms with Crippen LogP contribution in [0.15, 0.2) is 28.7 Å². The molecule has 0 fully saturated rings. The summed E-state index contributed by atoms with van der Waals surface area (Å²) in [6.45, 7) is 2.08. The van der Waals surface area contributed by atoms with Gasteiger partial charge in [0.05, 0.1) is 16.3 Å². The fraction of sp³-hybridized carbons (Fsp3) is 0.385. The summed E-state index contributed by atoms with van der Waals surface area (Å²) in [4.78, 5) is 0. The molecule has 0 amide bonds. The van der Waals surface area contributed by atoms with Gasteiger partial charge in [-0.2, -0.15) is 11.8 Å². The highest BCUT2D eigenvalue weighted by atomic mass is 35.5. The Morgan fingerprint density at radius 3 is 2.89 bits per heavy atom. The lowest BCUT2D eigenvalue weighted by atomic mass is 10.2. The van der Waals surface area contributed by atoms with Crippen molar-refractivity contribution in [3.05, 3.63) is 35.2 Å². The van der Waals surface area contributed by atoms with E-state index in [9.17, 15) is 0 Å². The van der Waals surface area contributed by atoms with Gasteiger partial charge in [0.1, 0.15) is 0 Å². The summed E-state index contributed by atoms with van der Waals surface area (Å²) in [6.07, 6.45) is 0.974. The van der Waals surface area contributed by atoms with Gasteiger partial charge < -0.3 is 10.2 Å². The van der Waals surface area contributed by atoms with Crippen LogP contribution in [0.2, 0.25) is 5.02 Å². The molecule has 0 aliphatic carbocycles. The summed E-state index contributed by atoms with van der Waals surface area (Å²) in [5.41, 5.74) is 6.61. The van der Waals surface area contributed by atoms with Gasteiger partial charge in [-0.05, 0) is 18.6 Å². The van der Waals surface area contributed by atoms with Gasteiger partial charge in [0.2, 0.25) is 11.8 Å². The van der Waals surface area contributed by atoms with Gasteiger partial charge in [-0.3, -0.25) is 0 Å². The quantitative estimate of drug-likeness (QED) is 0.885. The van der Waals surface area contributed by atoms with Crippen molar-refractivity contribution in [3.8, 4) is 11.5 Å².